The highest BCUT2D eigenvalue weighted by Gasteiger charge is 2.17. The van der Waals surface area contributed by atoms with Gasteiger partial charge in [-0.1, -0.05) is 0 Å². The number of aliphatic imine (C=N–C) groups is 1. The second-order valence-corrected chi connectivity index (χ2v) is 6.64. The van der Waals surface area contributed by atoms with Crippen molar-refractivity contribution in [2.75, 3.05) is 13.2 Å². The number of nitrogens with two attached hydrogens (primary N) is 1. The van der Waals surface area contributed by atoms with E-state index < -0.39 is 10.1 Å². The molecule has 0 aliphatic carbocycles. The number of pyridine rings is 1. The highest BCUT2D eigenvalue weighted by molar-refractivity contribution is 7.87. The van der Waals surface area contributed by atoms with Gasteiger partial charge in [0, 0.05) is 25.2 Å². The molecule has 10 heteroatoms. The summed E-state index contributed by atoms with van der Waals surface area (Å²) in [7, 11) is -3.97. The van der Waals surface area contributed by atoms with Crippen LogP contribution in [0.25, 0.3) is 0 Å². The van der Waals surface area contributed by atoms with E-state index in [4.69, 9.17) is 14.7 Å². The maximum absolute atomic E-state index is 12.3. The normalized spacial score (nSPS) is 11.7. The molecule has 26 heavy (non-hydrogen) atoms. The third-order valence-electron chi connectivity index (χ3n) is 2.99. The summed E-state index contributed by atoms with van der Waals surface area (Å²) in [6.07, 6.45) is 2.70. The minimum Gasteiger partial charge on any atom is -0.492 e. The summed E-state index contributed by atoms with van der Waals surface area (Å²) >= 11 is 0. The van der Waals surface area contributed by atoms with Crippen molar-refractivity contribution in [3.8, 4) is 11.5 Å². The van der Waals surface area contributed by atoms with Crippen molar-refractivity contribution in [1.29, 1.82) is 0 Å². The molecule has 0 amide bonds. The summed E-state index contributed by atoms with van der Waals surface area (Å²) in [6.45, 7) is 5.54. The van der Waals surface area contributed by atoms with Crippen LogP contribution in [0.3, 0.4) is 0 Å². The van der Waals surface area contributed by atoms with Crippen LogP contribution in [0.1, 0.15) is 5.56 Å². The molecule has 0 aliphatic heterocycles. The van der Waals surface area contributed by atoms with Crippen molar-refractivity contribution in [3.05, 3.63) is 48.3 Å². The zero-order valence-corrected chi connectivity index (χ0v) is 14.9. The number of nitrogens with zero attached hydrogens (tertiary/aromatic N) is 3. The molecule has 0 fully saturated rings. The van der Waals surface area contributed by atoms with Crippen LogP contribution in [0, 0.1) is 6.92 Å². The summed E-state index contributed by atoms with van der Waals surface area (Å²) in [5.74, 6) is 0.716. The number of aryl methyl sites for hydroxylation is 1. The average Bonchev–Trinajstić information content (AvgIpc) is 2.59. The van der Waals surface area contributed by atoms with Crippen LogP contribution >= 0.6 is 0 Å². The van der Waals surface area contributed by atoms with Gasteiger partial charge in [0.2, 0.25) is 5.96 Å². The maximum atomic E-state index is 12.3. The third-order valence-corrected chi connectivity index (χ3v) is 4.22. The first-order chi connectivity index (χ1) is 12.4. The molecule has 0 saturated heterocycles. The van der Waals surface area contributed by atoms with Gasteiger partial charge >= 0.3 is 10.1 Å². The van der Waals surface area contributed by atoms with Crippen molar-refractivity contribution >= 4 is 22.8 Å². The Bertz CT molecular complexity index is 885. The number of nitrogens with one attached hydrogen (secondary N) is 1. The molecule has 0 spiro atoms. The molecule has 1 heterocycles. The van der Waals surface area contributed by atoms with Gasteiger partial charge in [0.1, 0.15) is 23.0 Å². The van der Waals surface area contributed by atoms with E-state index >= 15 is 0 Å². The minimum atomic E-state index is -3.97. The lowest BCUT2D eigenvalue weighted by Crippen LogP contribution is -2.27. The minimum absolute atomic E-state index is 0.0304. The second-order valence-electron chi connectivity index (χ2n) is 5.09. The first-order valence-electron chi connectivity index (χ1n) is 7.51. The number of benzene rings is 1. The van der Waals surface area contributed by atoms with Gasteiger partial charge in [0.15, 0.2) is 0 Å². The topological polar surface area (TPSA) is 128 Å². The Balaban J connectivity index is 2.05. The van der Waals surface area contributed by atoms with Crippen molar-refractivity contribution in [3.63, 3.8) is 0 Å². The first-order valence-corrected chi connectivity index (χ1v) is 8.92. The zero-order valence-electron chi connectivity index (χ0n) is 14.1. The molecule has 138 valence electrons. The SMILES string of the molecule is C=NNC(N)=NCCOc1cc(C)cc(OS(=O)(=O)c2cccnc2)c1. The van der Waals surface area contributed by atoms with Gasteiger partial charge in [-0.15, -0.1) is 0 Å². The van der Waals surface area contributed by atoms with Gasteiger partial charge in [-0.2, -0.15) is 13.5 Å². The predicted molar refractivity (Wildman–Crippen MR) is 97.9 cm³/mol. The average molecular weight is 377 g/mol. The highest BCUT2D eigenvalue weighted by atomic mass is 32.2. The van der Waals surface area contributed by atoms with Crippen molar-refractivity contribution in [2.24, 2.45) is 15.8 Å². The maximum Gasteiger partial charge on any atom is 0.340 e. The lowest BCUT2D eigenvalue weighted by atomic mass is 10.2. The summed E-state index contributed by atoms with van der Waals surface area (Å²) in [5.41, 5.74) is 8.67. The standard InChI is InChI=1S/C16H19N5O4S/c1-12-8-13(24-7-6-20-16(17)21-18-2)10-14(9-12)25-26(22,23)15-4-3-5-19-11-15/h3-5,8-11H,2,6-7H2,1H3,(H3,17,20,21). The monoisotopic (exact) mass is 377 g/mol. The summed E-state index contributed by atoms with van der Waals surface area (Å²) in [5, 5.41) is 3.38. The molecule has 3 N–H and O–H groups in total. The molecule has 0 bridgehead atoms. The van der Waals surface area contributed by atoms with E-state index in [1.807, 2.05) is 0 Å². The Morgan fingerprint density at radius 3 is 2.81 bits per heavy atom. The fourth-order valence-electron chi connectivity index (χ4n) is 1.96. The van der Waals surface area contributed by atoms with Gasteiger partial charge in [0.25, 0.3) is 0 Å². The third kappa shape index (κ3) is 5.74. The van der Waals surface area contributed by atoms with Gasteiger partial charge < -0.3 is 14.7 Å². The first kappa shape index (κ1) is 19.2. The molecule has 1 aromatic heterocycles. The smallest absolute Gasteiger partial charge is 0.340 e. The van der Waals surface area contributed by atoms with Gasteiger partial charge in [-0.05, 0) is 36.8 Å². The van der Waals surface area contributed by atoms with Gasteiger partial charge in [-0.3, -0.25) is 4.98 Å². The van der Waals surface area contributed by atoms with E-state index in [0.29, 0.717) is 5.75 Å². The number of ether oxygens (including phenoxy) is 1. The van der Waals surface area contributed by atoms with E-state index in [1.165, 1.54) is 30.6 Å². The Morgan fingerprint density at radius 1 is 1.35 bits per heavy atom. The molecule has 0 unspecified atom stereocenters. The van der Waals surface area contributed by atoms with E-state index in [1.54, 1.807) is 19.1 Å². The number of hydrogen-bond donors (Lipinski definition) is 2. The number of hydrogen-bond acceptors (Lipinski definition) is 7. The van der Waals surface area contributed by atoms with Crippen molar-refractivity contribution < 1.29 is 17.3 Å². The van der Waals surface area contributed by atoms with Crippen LogP contribution in [0.4, 0.5) is 0 Å². The van der Waals surface area contributed by atoms with Crippen LogP contribution in [-0.4, -0.2) is 39.2 Å². The predicted octanol–water partition coefficient (Wildman–Crippen LogP) is 1.06. The molecule has 0 atom stereocenters. The Morgan fingerprint density at radius 2 is 2.12 bits per heavy atom. The Kier molecular flexibility index (Phi) is 6.50. The molecule has 0 aliphatic rings. The van der Waals surface area contributed by atoms with E-state index in [-0.39, 0.29) is 29.8 Å². The van der Waals surface area contributed by atoms with E-state index in [2.05, 4.69) is 27.2 Å². The van der Waals surface area contributed by atoms with Crippen LogP contribution in [0.2, 0.25) is 0 Å². The summed E-state index contributed by atoms with van der Waals surface area (Å²) in [4.78, 5) is 7.72. The quantitative estimate of drug-likeness (QED) is 0.231. The number of hydrazone groups is 1. The number of guanidine groups is 1. The second kappa shape index (κ2) is 8.81. The lowest BCUT2D eigenvalue weighted by Gasteiger charge is -2.10. The molecule has 0 saturated carbocycles. The lowest BCUT2D eigenvalue weighted by molar-refractivity contribution is 0.327. The fourth-order valence-corrected chi connectivity index (χ4v) is 2.84. The molecular formula is C16H19N5O4S. The molecule has 0 radical (unpaired) electrons. The van der Waals surface area contributed by atoms with Crippen LogP contribution in [0.15, 0.2) is 57.7 Å². The van der Waals surface area contributed by atoms with Crippen LogP contribution < -0.4 is 20.1 Å². The largest absolute Gasteiger partial charge is 0.492 e. The summed E-state index contributed by atoms with van der Waals surface area (Å²) < 4.78 is 35.2. The van der Waals surface area contributed by atoms with E-state index in [0.717, 1.165) is 5.56 Å². The highest BCUT2D eigenvalue weighted by Crippen LogP contribution is 2.25. The molecular weight excluding hydrogens is 358 g/mol. The summed E-state index contributed by atoms with van der Waals surface area (Å²) in [6, 6.07) is 7.75. The van der Waals surface area contributed by atoms with Crippen LogP contribution in [-0.2, 0) is 10.1 Å². The zero-order chi connectivity index (χ0) is 19.0. The van der Waals surface area contributed by atoms with E-state index in [9.17, 15) is 8.42 Å². The Hall–Kier alpha value is -3.14. The van der Waals surface area contributed by atoms with Crippen molar-refractivity contribution in [1.82, 2.24) is 10.4 Å². The fraction of sp³-hybridized carbons (Fsp3) is 0.188. The number of aromatic nitrogens is 1. The van der Waals surface area contributed by atoms with Gasteiger partial charge in [0.05, 0.1) is 6.54 Å². The molecule has 1 aromatic carbocycles. The van der Waals surface area contributed by atoms with Gasteiger partial charge in [-0.25, -0.2) is 10.4 Å². The Labute approximate surface area is 151 Å². The molecule has 9 nitrogen and oxygen atoms in total. The van der Waals surface area contributed by atoms with Crippen LogP contribution in [0.5, 0.6) is 11.5 Å². The molecule has 2 rings (SSSR count). The molecule has 2 aromatic rings. The van der Waals surface area contributed by atoms with Crippen molar-refractivity contribution in [2.45, 2.75) is 11.8 Å². The number of rotatable bonds is 8.